The third-order valence-corrected chi connectivity index (χ3v) is 9.46. The molecular formula is C18H30O3S3Si. The molecule has 1 unspecified atom stereocenters. The highest BCUT2D eigenvalue weighted by molar-refractivity contribution is 8.47. The lowest BCUT2D eigenvalue weighted by Gasteiger charge is -2.28. The van der Waals surface area contributed by atoms with E-state index in [0.717, 1.165) is 21.7 Å². The zero-order valence-electron chi connectivity index (χ0n) is 15.7. The van der Waals surface area contributed by atoms with E-state index in [9.17, 15) is 0 Å². The fourth-order valence-corrected chi connectivity index (χ4v) is 7.96. The van der Waals surface area contributed by atoms with Crippen LogP contribution in [0, 0.1) is 0 Å². The number of thiocarbonyl (C=S) groups is 1. The molecule has 1 atom stereocenters. The Morgan fingerprint density at radius 3 is 2.12 bits per heavy atom. The Kier molecular flexibility index (Phi) is 12.3. The molecule has 1 rings (SSSR count). The van der Waals surface area contributed by atoms with Gasteiger partial charge in [0.05, 0.1) is 0 Å². The van der Waals surface area contributed by atoms with Gasteiger partial charge in [0.25, 0.3) is 0 Å². The van der Waals surface area contributed by atoms with Crippen LogP contribution in [0.25, 0.3) is 0 Å². The monoisotopic (exact) mass is 418 g/mol. The quantitative estimate of drug-likeness (QED) is 0.237. The van der Waals surface area contributed by atoms with Crippen LogP contribution in [0.1, 0.15) is 44.9 Å². The molecule has 0 saturated heterocycles. The van der Waals surface area contributed by atoms with Crippen molar-refractivity contribution in [2.45, 2.75) is 45.4 Å². The minimum absolute atomic E-state index is 0.380. The molecule has 0 aromatic heterocycles. The Morgan fingerprint density at radius 2 is 1.60 bits per heavy atom. The molecule has 0 spiro atoms. The molecule has 1 aromatic carbocycles. The summed E-state index contributed by atoms with van der Waals surface area (Å²) in [6, 6.07) is 11.3. The van der Waals surface area contributed by atoms with Gasteiger partial charge in [-0.05, 0) is 45.4 Å². The number of hydrogen-bond donors (Lipinski definition) is 0. The van der Waals surface area contributed by atoms with Crippen molar-refractivity contribution in [1.29, 1.82) is 0 Å². The first-order chi connectivity index (χ1) is 12.1. The second-order valence-corrected chi connectivity index (χ2v) is 11.7. The Hall–Kier alpha value is 0.107. The van der Waals surface area contributed by atoms with Crippen LogP contribution in [0.15, 0.2) is 30.3 Å². The molecule has 0 amide bonds. The van der Waals surface area contributed by atoms with Crippen LogP contribution in [0.4, 0.5) is 0 Å². The largest absolute Gasteiger partial charge is 0.500 e. The lowest BCUT2D eigenvalue weighted by atomic mass is 10.2. The van der Waals surface area contributed by atoms with Crippen molar-refractivity contribution in [3.63, 3.8) is 0 Å². The molecule has 7 heteroatoms. The zero-order chi connectivity index (χ0) is 18.5. The van der Waals surface area contributed by atoms with Gasteiger partial charge in [0.2, 0.25) is 0 Å². The summed E-state index contributed by atoms with van der Waals surface area (Å²) in [5.74, 6) is 0.968. The summed E-state index contributed by atoms with van der Waals surface area (Å²) in [4.78, 5) is 0. The summed E-state index contributed by atoms with van der Waals surface area (Å²) in [6.45, 7) is 10.1. The highest BCUT2D eigenvalue weighted by Gasteiger charge is 2.39. The van der Waals surface area contributed by atoms with E-state index in [2.05, 4.69) is 31.2 Å². The van der Waals surface area contributed by atoms with Crippen LogP contribution < -0.4 is 0 Å². The van der Waals surface area contributed by atoms with Gasteiger partial charge in [0, 0.05) is 31.1 Å². The molecule has 3 nitrogen and oxygen atoms in total. The first kappa shape index (κ1) is 23.1. The molecule has 0 bridgehead atoms. The molecule has 25 heavy (non-hydrogen) atoms. The molecule has 0 aliphatic rings. The van der Waals surface area contributed by atoms with E-state index in [0.29, 0.717) is 25.1 Å². The maximum Gasteiger partial charge on any atom is 0.500 e. The number of rotatable bonds is 12. The third-order valence-electron chi connectivity index (χ3n) is 3.48. The van der Waals surface area contributed by atoms with Crippen molar-refractivity contribution in [1.82, 2.24) is 0 Å². The van der Waals surface area contributed by atoms with E-state index in [1.165, 1.54) is 5.56 Å². The average Bonchev–Trinajstić information content (AvgIpc) is 2.60. The minimum Gasteiger partial charge on any atom is -0.374 e. The average molecular weight is 419 g/mol. The summed E-state index contributed by atoms with van der Waals surface area (Å²) in [6.07, 6.45) is 0.983. The first-order valence-corrected chi connectivity index (χ1v) is 13.1. The predicted molar refractivity (Wildman–Crippen MR) is 118 cm³/mol. The molecule has 0 saturated carbocycles. The van der Waals surface area contributed by atoms with E-state index in [1.807, 2.05) is 26.8 Å². The van der Waals surface area contributed by atoms with Gasteiger partial charge in [0.1, 0.15) is 3.53 Å². The first-order valence-electron chi connectivity index (χ1n) is 8.87. The molecule has 0 aliphatic carbocycles. The van der Waals surface area contributed by atoms with Gasteiger partial charge in [0.15, 0.2) is 0 Å². The molecule has 1 aromatic rings. The fraction of sp³-hybridized carbons (Fsp3) is 0.611. The van der Waals surface area contributed by atoms with E-state index in [1.54, 1.807) is 23.5 Å². The molecule has 142 valence electrons. The minimum atomic E-state index is -2.52. The smallest absolute Gasteiger partial charge is 0.374 e. The molecule has 0 heterocycles. The van der Waals surface area contributed by atoms with E-state index in [4.69, 9.17) is 25.5 Å². The van der Waals surface area contributed by atoms with Gasteiger partial charge >= 0.3 is 8.80 Å². The van der Waals surface area contributed by atoms with E-state index >= 15 is 0 Å². The number of thioether (sulfide) groups is 2. The second-order valence-electron chi connectivity index (χ2n) is 5.35. The van der Waals surface area contributed by atoms with Crippen molar-refractivity contribution in [3.05, 3.63) is 35.9 Å². The van der Waals surface area contributed by atoms with Crippen molar-refractivity contribution in [2.24, 2.45) is 0 Å². The van der Waals surface area contributed by atoms with Gasteiger partial charge in [-0.2, -0.15) is 0 Å². The predicted octanol–water partition coefficient (Wildman–Crippen LogP) is 5.94. The van der Waals surface area contributed by atoms with Gasteiger partial charge < -0.3 is 13.3 Å². The van der Waals surface area contributed by atoms with Crippen molar-refractivity contribution in [2.75, 3.05) is 25.6 Å². The third kappa shape index (κ3) is 9.04. The summed E-state index contributed by atoms with van der Waals surface area (Å²) < 4.78 is 18.7. The standard InChI is InChI=1S/C18H30O3S3Si/c1-5-19-25(20-6-2,21-7-3)15-11-14-23-18(22)24-16(4)17-12-9-8-10-13-17/h8-10,12-13,16H,5-7,11,14-15H2,1-4H3. The zero-order valence-corrected chi connectivity index (χ0v) is 19.1. The van der Waals surface area contributed by atoms with Crippen molar-refractivity contribution >= 4 is 48.1 Å². The van der Waals surface area contributed by atoms with Crippen LogP contribution in [-0.2, 0) is 13.3 Å². The molecule has 0 aliphatic heterocycles. The summed E-state index contributed by atoms with van der Waals surface area (Å²) >= 11 is 9.03. The van der Waals surface area contributed by atoms with Crippen LogP contribution >= 0.6 is 35.7 Å². The highest BCUT2D eigenvalue weighted by Crippen LogP contribution is 2.33. The lowest BCUT2D eigenvalue weighted by molar-refractivity contribution is 0.0712. The van der Waals surface area contributed by atoms with Crippen LogP contribution in [-0.4, -0.2) is 37.9 Å². The maximum atomic E-state index is 5.89. The topological polar surface area (TPSA) is 27.7 Å². The Balaban J connectivity index is 2.38. The summed E-state index contributed by atoms with van der Waals surface area (Å²) in [5.41, 5.74) is 1.31. The SMILES string of the molecule is CCO[Si](CCCSC(=S)SC(C)c1ccccc1)(OCC)OCC. The van der Waals surface area contributed by atoms with Crippen LogP contribution in [0.2, 0.25) is 6.04 Å². The Bertz CT molecular complexity index is 471. The number of benzene rings is 1. The Labute approximate surface area is 168 Å². The summed E-state index contributed by atoms with van der Waals surface area (Å²) in [5, 5.41) is 0.380. The van der Waals surface area contributed by atoms with E-state index in [-0.39, 0.29) is 0 Å². The summed E-state index contributed by atoms with van der Waals surface area (Å²) in [7, 11) is -2.52. The second kappa shape index (κ2) is 13.3. The van der Waals surface area contributed by atoms with Gasteiger partial charge in [-0.25, -0.2) is 0 Å². The van der Waals surface area contributed by atoms with Gasteiger partial charge in [-0.15, -0.1) is 11.8 Å². The van der Waals surface area contributed by atoms with Gasteiger partial charge in [-0.1, -0.05) is 54.3 Å². The van der Waals surface area contributed by atoms with Crippen molar-refractivity contribution < 1.29 is 13.3 Å². The highest BCUT2D eigenvalue weighted by atomic mass is 32.2. The molecular weight excluding hydrogens is 388 g/mol. The van der Waals surface area contributed by atoms with Crippen molar-refractivity contribution in [3.8, 4) is 0 Å². The Morgan fingerprint density at radius 1 is 1.04 bits per heavy atom. The normalized spacial score (nSPS) is 13.0. The van der Waals surface area contributed by atoms with Crippen LogP contribution in [0.5, 0.6) is 0 Å². The van der Waals surface area contributed by atoms with E-state index < -0.39 is 8.80 Å². The molecule has 0 radical (unpaired) electrons. The van der Waals surface area contributed by atoms with Gasteiger partial charge in [-0.3, -0.25) is 0 Å². The molecule has 0 fully saturated rings. The fourth-order valence-electron chi connectivity index (χ4n) is 2.42. The number of hydrogen-bond acceptors (Lipinski definition) is 6. The molecule has 0 N–H and O–H groups in total. The van der Waals surface area contributed by atoms with Crippen LogP contribution in [0.3, 0.4) is 0 Å². The lowest BCUT2D eigenvalue weighted by Crippen LogP contribution is -2.46. The maximum absolute atomic E-state index is 5.89.